The van der Waals surface area contributed by atoms with E-state index in [1.807, 2.05) is 0 Å². The normalized spacial score (nSPS) is 23.5. The molecule has 80 valence electrons. The van der Waals surface area contributed by atoms with Crippen LogP contribution in [0.4, 0.5) is 13.2 Å². The Kier molecular flexibility index (Phi) is 2.25. The third-order valence-electron chi connectivity index (χ3n) is 1.64. The van der Waals surface area contributed by atoms with E-state index in [4.69, 9.17) is 0 Å². The van der Waals surface area contributed by atoms with Crippen LogP contribution < -0.4 is 0 Å². The number of alkyl halides is 3. The van der Waals surface area contributed by atoms with Crippen molar-refractivity contribution in [1.29, 1.82) is 0 Å². The molecule has 1 atom stereocenters. The predicted molar refractivity (Wildman–Crippen MR) is 47.6 cm³/mol. The molecule has 0 amide bonds. The van der Waals surface area contributed by atoms with Crippen LogP contribution in [0.25, 0.3) is 0 Å². The quantitative estimate of drug-likeness (QED) is 0.642. The van der Waals surface area contributed by atoms with Gasteiger partial charge in [-0.25, -0.2) is 15.0 Å². The van der Waals surface area contributed by atoms with E-state index in [0.717, 1.165) is 6.34 Å². The average molecular weight is 218 g/mol. The molecule has 8 heteroatoms. The van der Waals surface area contributed by atoms with Crippen LogP contribution in [0.3, 0.4) is 0 Å². The van der Waals surface area contributed by atoms with E-state index in [-0.39, 0.29) is 5.90 Å². The standard InChI is InChI=1S/C7H5F3N4O/c8-7(9,10)1-15-6-4-5(12-2-11-4)13-3-14-6/h2-4H,1H2. The maximum Gasteiger partial charge on any atom is 0.422 e. The van der Waals surface area contributed by atoms with Crippen molar-refractivity contribution >= 4 is 24.4 Å². The van der Waals surface area contributed by atoms with Gasteiger partial charge in [0.05, 0.1) is 0 Å². The summed E-state index contributed by atoms with van der Waals surface area (Å²) < 4.78 is 40.1. The van der Waals surface area contributed by atoms with Gasteiger partial charge in [0.2, 0.25) is 5.90 Å². The topological polar surface area (TPSA) is 58.7 Å². The van der Waals surface area contributed by atoms with Crippen LogP contribution in [0.1, 0.15) is 0 Å². The first kappa shape index (κ1) is 9.81. The molecule has 0 aromatic rings. The Bertz CT molecular complexity index is 382. The van der Waals surface area contributed by atoms with Crippen molar-refractivity contribution in [3.63, 3.8) is 0 Å². The molecule has 0 radical (unpaired) electrons. The molecule has 5 nitrogen and oxygen atoms in total. The second kappa shape index (κ2) is 3.44. The Morgan fingerprint density at radius 2 is 2.07 bits per heavy atom. The summed E-state index contributed by atoms with van der Waals surface area (Å²) in [4.78, 5) is 14.8. The monoisotopic (exact) mass is 218 g/mol. The van der Waals surface area contributed by atoms with E-state index in [2.05, 4.69) is 24.7 Å². The van der Waals surface area contributed by atoms with Crippen molar-refractivity contribution in [2.24, 2.45) is 20.0 Å². The number of rotatable bonds is 1. The highest BCUT2D eigenvalue weighted by Crippen LogP contribution is 2.17. The molecule has 2 aliphatic rings. The molecule has 0 N–H and O–H groups in total. The largest absolute Gasteiger partial charge is 0.469 e. The average Bonchev–Trinajstić information content (AvgIpc) is 2.61. The van der Waals surface area contributed by atoms with Gasteiger partial charge in [-0.1, -0.05) is 0 Å². The number of hydrogen-bond donors (Lipinski definition) is 0. The lowest BCUT2D eigenvalue weighted by molar-refractivity contribution is -0.156. The fraction of sp³-hybridized carbons (Fsp3) is 0.429. The number of aliphatic imine (C=N–C) groups is 4. The fourth-order valence-corrected chi connectivity index (χ4v) is 1.06. The van der Waals surface area contributed by atoms with Crippen molar-refractivity contribution in [1.82, 2.24) is 0 Å². The van der Waals surface area contributed by atoms with E-state index >= 15 is 0 Å². The minimum atomic E-state index is -4.39. The van der Waals surface area contributed by atoms with E-state index in [0.29, 0.717) is 5.84 Å². The van der Waals surface area contributed by atoms with Gasteiger partial charge < -0.3 is 4.74 Å². The number of hydrogen-bond acceptors (Lipinski definition) is 5. The Morgan fingerprint density at radius 3 is 2.80 bits per heavy atom. The van der Waals surface area contributed by atoms with Crippen LogP contribution >= 0.6 is 0 Å². The van der Waals surface area contributed by atoms with E-state index in [9.17, 15) is 13.2 Å². The van der Waals surface area contributed by atoms with Gasteiger partial charge in [-0.3, -0.25) is 4.99 Å². The van der Waals surface area contributed by atoms with Crippen LogP contribution in [0.15, 0.2) is 20.0 Å². The molecule has 0 bridgehead atoms. The summed E-state index contributed by atoms with van der Waals surface area (Å²) in [5, 5.41) is 0. The van der Waals surface area contributed by atoms with Crippen molar-refractivity contribution in [2.75, 3.05) is 6.61 Å². The SMILES string of the molecule is FC(F)(F)COC1=NC=NC2=NC=NC21. The maximum atomic E-state index is 11.9. The first-order valence-corrected chi connectivity index (χ1v) is 3.95. The maximum absolute atomic E-state index is 11.9. The molecule has 1 unspecified atom stereocenters. The van der Waals surface area contributed by atoms with E-state index in [1.165, 1.54) is 6.34 Å². The summed E-state index contributed by atoms with van der Waals surface area (Å²) >= 11 is 0. The lowest BCUT2D eigenvalue weighted by Crippen LogP contribution is -2.33. The van der Waals surface area contributed by atoms with Crippen molar-refractivity contribution in [2.45, 2.75) is 12.2 Å². The van der Waals surface area contributed by atoms with Crippen molar-refractivity contribution in [3.05, 3.63) is 0 Å². The van der Waals surface area contributed by atoms with Gasteiger partial charge >= 0.3 is 6.18 Å². The molecule has 15 heavy (non-hydrogen) atoms. The number of ether oxygens (including phenoxy) is 1. The van der Waals surface area contributed by atoms with Crippen LogP contribution in [0, 0.1) is 0 Å². The van der Waals surface area contributed by atoms with Gasteiger partial charge in [0, 0.05) is 0 Å². The zero-order valence-corrected chi connectivity index (χ0v) is 7.27. The molecule has 0 aromatic heterocycles. The number of fused-ring (bicyclic) bond motifs is 1. The summed E-state index contributed by atoms with van der Waals surface area (Å²) in [6.07, 6.45) is -2.08. The van der Waals surface area contributed by atoms with Gasteiger partial charge in [-0.15, -0.1) is 0 Å². The van der Waals surface area contributed by atoms with Crippen LogP contribution in [0.5, 0.6) is 0 Å². The fourth-order valence-electron chi connectivity index (χ4n) is 1.06. The second-order valence-electron chi connectivity index (χ2n) is 2.77. The second-order valence-corrected chi connectivity index (χ2v) is 2.77. The highest BCUT2D eigenvalue weighted by molar-refractivity contribution is 6.18. The molecule has 0 aromatic carbocycles. The molecule has 2 aliphatic heterocycles. The minimum absolute atomic E-state index is 0.130. The molecule has 2 rings (SSSR count). The zero-order chi connectivity index (χ0) is 10.9. The Balaban J connectivity index is 2.04. The smallest absolute Gasteiger partial charge is 0.422 e. The van der Waals surface area contributed by atoms with Gasteiger partial charge in [0.25, 0.3) is 0 Å². The summed E-state index contributed by atoms with van der Waals surface area (Å²) in [6.45, 7) is -1.39. The third kappa shape index (κ3) is 2.20. The zero-order valence-electron chi connectivity index (χ0n) is 7.27. The summed E-state index contributed by atoms with van der Waals surface area (Å²) in [7, 11) is 0. The number of halogens is 3. The van der Waals surface area contributed by atoms with E-state index in [1.54, 1.807) is 0 Å². The lowest BCUT2D eigenvalue weighted by Gasteiger charge is -2.15. The lowest BCUT2D eigenvalue weighted by atomic mass is 10.3. The third-order valence-corrected chi connectivity index (χ3v) is 1.64. The molecular weight excluding hydrogens is 213 g/mol. The molecule has 0 saturated carbocycles. The molecule has 0 saturated heterocycles. The summed E-state index contributed by atoms with van der Waals surface area (Å²) in [5.41, 5.74) is 0. The van der Waals surface area contributed by atoms with Crippen LogP contribution in [-0.4, -0.2) is 43.2 Å². The van der Waals surface area contributed by atoms with Crippen molar-refractivity contribution < 1.29 is 17.9 Å². The first-order chi connectivity index (χ1) is 7.06. The van der Waals surface area contributed by atoms with Crippen LogP contribution in [0.2, 0.25) is 0 Å². The Labute approximate surface area is 82.1 Å². The van der Waals surface area contributed by atoms with E-state index < -0.39 is 18.8 Å². The highest BCUT2D eigenvalue weighted by Gasteiger charge is 2.33. The van der Waals surface area contributed by atoms with Gasteiger partial charge in [-0.05, 0) is 0 Å². The number of amidine groups is 1. The number of nitrogens with zero attached hydrogens (tertiary/aromatic N) is 4. The Hall–Kier alpha value is -1.73. The van der Waals surface area contributed by atoms with Gasteiger partial charge in [-0.2, -0.15) is 13.2 Å². The minimum Gasteiger partial charge on any atom is -0.469 e. The molecule has 0 spiro atoms. The summed E-state index contributed by atoms with van der Waals surface area (Å²) in [6, 6.07) is -0.725. The van der Waals surface area contributed by atoms with Crippen molar-refractivity contribution in [3.8, 4) is 0 Å². The Morgan fingerprint density at radius 1 is 1.27 bits per heavy atom. The van der Waals surface area contributed by atoms with Crippen LogP contribution in [-0.2, 0) is 4.74 Å². The summed E-state index contributed by atoms with van der Waals surface area (Å²) in [5.74, 6) is 0.164. The molecule has 0 aliphatic carbocycles. The van der Waals surface area contributed by atoms with Gasteiger partial charge in [0.1, 0.15) is 12.7 Å². The molecule has 2 heterocycles. The first-order valence-electron chi connectivity index (χ1n) is 3.95. The van der Waals surface area contributed by atoms with Gasteiger partial charge in [0.15, 0.2) is 18.5 Å². The molecular formula is C7H5F3N4O. The molecule has 0 fully saturated rings. The highest BCUT2D eigenvalue weighted by atomic mass is 19.4. The predicted octanol–water partition coefficient (Wildman–Crippen LogP) is 0.815.